The standard InChI is InChI=1S/C8H16O2S/c1-3-5-6-7-8(4-2)11(9)10/h4,8H,2-3,5-7H2,1H3,(H,9,10). The van der Waals surface area contributed by atoms with Crippen LogP contribution >= 0.6 is 0 Å². The average Bonchev–Trinajstić information content (AvgIpc) is 1.97. The maximum Gasteiger partial charge on any atom is 0.159 e. The molecular weight excluding hydrogens is 160 g/mol. The SMILES string of the molecule is C=CC(CCCCC)S(=O)O. The van der Waals surface area contributed by atoms with Crippen LogP contribution in [0.3, 0.4) is 0 Å². The van der Waals surface area contributed by atoms with Gasteiger partial charge in [0.25, 0.3) is 0 Å². The first-order valence-electron chi connectivity index (χ1n) is 3.94. The fourth-order valence-electron chi connectivity index (χ4n) is 0.897. The van der Waals surface area contributed by atoms with E-state index in [0.29, 0.717) is 0 Å². The molecule has 0 aromatic carbocycles. The molecule has 66 valence electrons. The van der Waals surface area contributed by atoms with Crippen LogP contribution in [0.1, 0.15) is 32.6 Å². The second-order valence-electron chi connectivity index (χ2n) is 2.55. The quantitative estimate of drug-likeness (QED) is 0.383. The summed E-state index contributed by atoms with van der Waals surface area (Å²) in [7, 11) is 0. The normalized spacial score (nSPS) is 15.8. The van der Waals surface area contributed by atoms with Gasteiger partial charge in [-0.05, 0) is 6.42 Å². The lowest BCUT2D eigenvalue weighted by Crippen LogP contribution is -2.10. The molecule has 0 saturated heterocycles. The van der Waals surface area contributed by atoms with Gasteiger partial charge in [-0.1, -0.05) is 32.3 Å². The molecule has 11 heavy (non-hydrogen) atoms. The van der Waals surface area contributed by atoms with E-state index < -0.39 is 11.1 Å². The van der Waals surface area contributed by atoms with Crippen molar-refractivity contribution < 1.29 is 8.76 Å². The first kappa shape index (κ1) is 10.8. The van der Waals surface area contributed by atoms with E-state index in [1.54, 1.807) is 6.08 Å². The van der Waals surface area contributed by atoms with Crippen LogP contribution in [-0.2, 0) is 11.1 Å². The zero-order chi connectivity index (χ0) is 8.69. The lowest BCUT2D eigenvalue weighted by atomic mass is 10.1. The fourth-order valence-corrected chi connectivity index (χ4v) is 1.43. The Hall–Kier alpha value is -0.150. The van der Waals surface area contributed by atoms with Crippen molar-refractivity contribution in [1.82, 2.24) is 0 Å². The summed E-state index contributed by atoms with van der Waals surface area (Å²) in [5.41, 5.74) is 0. The summed E-state index contributed by atoms with van der Waals surface area (Å²) < 4.78 is 19.3. The second-order valence-corrected chi connectivity index (χ2v) is 3.70. The predicted octanol–water partition coefficient (Wildman–Crippen LogP) is 2.34. The molecule has 0 radical (unpaired) electrons. The molecule has 0 amide bonds. The molecule has 0 aliphatic rings. The minimum absolute atomic E-state index is 0.235. The van der Waals surface area contributed by atoms with Crippen molar-refractivity contribution in [2.24, 2.45) is 0 Å². The highest BCUT2D eigenvalue weighted by molar-refractivity contribution is 7.80. The minimum Gasteiger partial charge on any atom is -0.306 e. The smallest absolute Gasteiger partial charge is 0.159 e. The largest absolute Gasteiger partial charge is 0.306 e. The van der Waals surface area contributed by atoms with E-state index in [4.69, 9.17) is 4.55 Å². The topological polar surface area (TPSA) is 37.3 Å². The third-order valence-electron chi connectivity index (χ3n) is 1.61. The summed E-state index contributed by atoms with van der Waals surface area (Å²) in [6.07, 6.45) is 5.62. The van der Waals surface area contributed by atoms with Gasteiger partial charge in [0.15, 0.2) is 11.1 Å². The minimum atomic E-state index is -1.72. The van der Waals surface area contributed by atoms with Crippen LogP contribution in [0.25, 0.3) is 0 Å². The molecule has 2 atom stereocenters. The number of rotatable bonds is 6. The van der Waals surface area contributed by atoms with Crippen LogP contribution in [0, 0.1) is 0 Å². The molecule has 0 spiro atoms. The highest BCUT2D eigenvalue weighted by Gasteiger charge is 2.08. The molecule has 2 unspecified atom stereocenters. The molecule has 0 aliphatic carbocycles. The van der Waals surface area contributed by atoms with Crippen molar-refractivity contribution in [2.45, 2.75) is 37.9 Å². The Bertz CT molecular complexity index is 134. The first-order chi connectivity index (χ1) is 5.22. The number of hydrogen-bond donors (Lipinski definition) is 1. The summed E-state index contributed by atoms with van der Waals surface area (Å²) in [5, 5.41) is -0.235. The molecule has 0 fully saturated rings. The summed E-state index contributed by atoms with van der Waals surface area (Å²) in [4.78, 5) is 0. The Labute approximate surface area is 71.0 Å². The van der Waals surface area contributed by atoms with Crippen molar-refractivity contribution in [3.8, 4) is 0 Å². The van der Waals surface area contributed by atoms with Crippen LogP contribution in [0.2, 0.25) is 0 Å². The molecule has 0 aromatic heterocycles. The van der Waals surface area contributed by atoms with Crippen LogP contribution in [-0.4, -0.2) is 14.0 Å². The van der Waals surface area contributed by atoms with E-state index in [9.17, 15) is 4.21 Å². The van der Waals surface area contributed by atoms with Gasteiger partial charge in [0, 0.05) is 0 Å². The van der Waals surface area contributed by atoms with E-state index in [1.807, 2.05) is 0 Å². The van der Waals surface area contributed by atoms with Crippen LogP contribution in [0.15, 0.2) is 12.7 Å². The molecule has 0 saturated carbocycles. The van der Waals surface area contributed by atoms with E-state index in [0.717, 1.165) is 25.7 Å². The zero-order valence-corrected chi connectivity index (χ0v) is 7.77. The van der Waals surface area contributed by atoms with Gasteiger partial charge in [0.1, 0.15) is 0 Å². The third kappa shape index (κ3) is 5.16. The van der Waals surface area contributed by atoms with Gasteiger partial charge in [-0.25, -0.2) is 4.21 Å². The third-order valence-corrected chi connectivity index (χ3v) is 2.56. The molecule has 0 bridgehead atoms. The fraction of sp³-hybridized carbons (Fsp3) is 0.750. The van der Waals surface area contributed by atoms with Gasteiger partial charge in [-0.2, -0.15) is 0 Å². The second kappa shape index (κ2) is 6.55. The highest BCUT2D eigenvalue weighted by atomic mass is 32.2. The van der Waals surface area contributed by atoms with Gasteiger partial charge in [-0.15, -0.1) is 6.58 Å². The van der Waals surface area contributed by atoms with Crippen LogP contribution < -0.4 is 0 Å². The molecule has 0 aliphatic heterocycles. The lowest BCUT2D eigenvalue weighted by molar-refractivity contribution is 0.546. The van der Waals surface area contributed by atoms with Gasteiger partial charge in [0.05, 0.1) is 5.25 Å². The van der Waals surface area contributed by atoms with Crippen molar-refractivity contribution in [3.63, 3.8) is 0 Å². The van der Waals surface area contributed by atoms with Gasteiger partial charge < -0.3 is 4.55 Å². The summed E-state index contributed by atoms with van der Waals surface area (Å²) in [5.74, 6) is 0. The van der Waals surface area contributed by atoms with E-state index in [2.05, 4.69) is 13.5 Å². The summed E-state index contributed by atoms with van der Waals surface area (Å²) in [6.45, 7) is 5.62. The van der Waals surface area contributed by atoms with Crippen molar-refractivity contribution in [2.75, 3.05) is 0 Å². The Balaban J connectivity index is 3.52. The highest BCUT2D eigenvalue weighted by Crippen LogP contribution is 2.08. The van der Waals surface area contributed by atoms with Crippen LogP contribution in [0.4, 0.5) is 0 Å². The molecule has 3 heteroatoms. The number of unbranched alkanes of at least 4 members (excludes halogenated alkanes) is 2. The Morgan fingerprint density at radius 1 is 1.64 bits per heavy atom. The van der Waals surface area contributed by atoms with Crippen molar-refractivity contribution in [3.05, 3.63) is 12.7 Å². The monoisotopic (exact) mass is 176 g/mol. The first-order valence-corrected chi connectivity index (χ1v) is 5.11. The van der Waals surface area contributed by atoms with E-state index in [1.165, 1.54) is 0 Å². The molecular formula is C8H16O2S. The lowest BCUT2D eigenvalue weighted by Gasteiger charge is -2.05. The molecule has 1 N–H and O–H groups in total. The summed E-state index contributed by atoms with van der Waals surface area (Å²) in [6, 6.07) is 0. The number of hydrogen-bond acceptors (Lipinski definition) is 1. The van der Waals surface area contributed by atoms with Crippen molar-refractivity contribution in [1.29, 1.82) is 0 Å². The predicted molar refractivity (Wildman–Crippen MR) is 48.9 cm³/mol. The van der Waals surface area contributed by atoms with Crippen molar-refractivity contribution >= 4 is 11.1 Å². The van der Waals surface area contributed by atoms with Gasteiger partial charge >= 0.3 is 0 Å². The Morgan fingerprint density at radius 2 is 2.27 bits per heavy atom. The molecule has 0 aromatic rings. The van der Waals surface area contributed by atoms with Gasteiger partial charge in [-0.3, -0.25) is 0 Å². The molecule has 2 nitrogen and oxygen atoms in total. The van der Waals surface area contributed by atoms with E-state index >= 15 is 0 Å². The van der Waals surface area contributed by atoms with Gasteiger partial charge in [0.2, 0.25) is 0 Å². The zero-order valence-electron chi connectivity index (χ0n) is 6.95. The average molecular weight is 176 g/mol. The molecule has 0 heterocycles. The Morgan fingerprint density at radius 3 is 2.64 bits per heavy atom. The van der Waals surface area contributed by atoms with Crippen LogP contribution in [0.5, 0.6) is 0 Å². The maximum atomic E-state index is 10.6. The summed E-state index contributed by atoms with van der Waals surface area (Å²) >= 11 is -1.72. The molecule has 0 rings (SSSR count). The van der Waals surface area contributed by atoms with E-state index in [-0.39, 0.29) is 5.25 Å². The maximum absolute atomic E-state index is 10.6. The Kier molecular flexibility index (Phi) is 6.46.